The zero-order valence-electron chi connectivity index (χ0n) is 25.4. The highest BCUT2D eigenvalue weighted by molar-refractivity contribution is 9.10. The van der Waals surface area contributed by atoms with Gasteiger partial charge in [0.1, 0.15) is 6.61 Å². The summed E-state index contributed by atoms with van der Waals surface area (Å²) in [6.07, 6.45) is 1.41. The van der Waals surface area contributed by atoms with Crippen LogP contribution in [-0.4, -0.2) is 51.6 Å². The molecule has 3 aromatic rings. The summed E-state index contributed by atoms with van der Waals surface area (Å²) in [6, 6.07) is 14.6. The van der Waals surface area contributed by atoms with Crippen LogP contribution in [0.1, 0.15) is 36.6 Å². The number of urea groups is 1. The lowest BCUT2D eigenvalue weighted by Gasteiger charge is -2.28. The lowest BCUT2D eigenvalue weighted by atomic mass is 9.95. The first-order valence-corrected chi connectivity index (χ1v) is 15.1. The van der Waals surface area contributed by atoms with Crippen molar-refractivity contribution in [2.45, 2.75) is 26.5 Å². The van der Waals surface area contributed by atoms with Crippen LogP contribution < -0.4 is 35.0 Å². The van der Waals surface area contributed by atoms with Crippen LogP contribution in [-0.2, 0) is 20.9 Å². The van der Waals surface area contributed by atoms with Gasteiger partial charge >= 0.3 is 12.0 Å². The molecule has 14 heteroatoms. The highest BCUT2D eigenvalue weighted by Gasteiger charge is 2.32. The number of hydrazone groups is 1. The Morgan fingerprint density at radius 1 is 1.02 bits per heavy atom. The van der Waals surface area contributed by atoms with Gasteiger partial charge in [-0.3, -0.25) is 4.79 Å². The Morgan fingerprint density at radius 2 is 1.76 bits per heavy atom. The lowest BCUT2D eigenvalue weighted by Crippen LogP contribution is -2.45. The molecule has 0 aromatic heterocycles. The predicted octanol–water partition coefficient (Wildman–Crippen LogP) is 5.42. The number of methoxy groups -OCH3 is 2. The first kappa shape index (κ1) is 34.1. The van der Waals surface area contributed by atoms with E-state index in [4.69, 9.17) is 35.3 Å². The predicted molar refractivity (Wildman–Crippen MR) is 174 cm³/mol. The standard InChI is InChI=1S/C32H32BrClN4O8/c1-5-44-31(40)28-18(2)36-32(41)37-29(28)21-8-11-24(25(14-21)42-3)45-17-27(39)38-35-15-20-12-23(34)30(26(13-20)43-4)46-16-19-6-9-22(33)10-7-19/h6-15,29H,5,16-17H2,1-4H3,(H,38,39)(H2,36,37,41)/b35-15-/t29-/m1/s1. The van der Waals surface area contributed by atoms with Crippen molar-refractivity contribution in [3.05, 3.63) is 92.1 Å². The van der Waals surface area contributed by atoms with Crippen LogP contribution in [0.2, 0.25) is 5.02 Å². The fourth-order valence-electron chi connectivity index (χ4n) is 4.45. The third-order valence-corrected chi connectivity index (χ3v) is 7.40. The Hall–Kier alpha value is -4.75. The number of hydrogen-bond acceptors (Lipinski definition) is 9. The van der Waals surface area contributed by atoms with Gasteiger partial charge in [0, 0.05) is 10.2 Å². The molecule has 0 spiro atoms. The number of rotatable bonds is 13. The fourth-order valence-corrected chi connectivity index (χ4v) is 4.99. The van der Waals surface area contributed by atoms with Gasteiger partial charge in [0.05, 0.1) is 43.7 Å². The Bertz CT molecular complexity index is 1660. The van der Waals surface area contributed by atoms with E-state index in [0.717, 1.165) is 10.0 Å². The smallest absolute Gasteiger partial charge is 0.338 e. The molecule has 0 aliphatic carbocycles. The number of hydrogen-bond donors (Lipinski definition) is 3. The number of nitrogens with one attached hydrogen (secondary N) is 3. The van der Waals surface area contributed by atoms with Gasteiger partial charge in [-0.05, 0) is 66.9 Å². The number of ether oxygens (including phenoxy) is 5. The van der Waals surface area contributed by atoms with Crippen molar-refractivity contribution in [2.75, 3.05) is 27.4 Å². The zero-order chi connectivity index (χ0) is 33.2. The van der Waals surface area contributed by atoms with Crippen LogP contribution in [0.4, 0.5) is 4.79 Å². The van der Waals surface area contributed by atoms with E-state index in [1.165, 1.54) is 20.4 Å². The maximum Gasteiger partial charge on any atom is 0.338 e. The summed E-state index contributed by atoms with van der Waals surface area (Å²) in [7, 11) is 2.93. The third-order valence-electron chi connectivity index (χ3n) is 6.60. The van der Waals surface area contributed by atoms with Gasteiger partial charge in [-0.1, -0.05) is 45.7 Å². The molecule has 3 amide bonds. The fraction of sp³-hybridized carbons (Fsp3) is 0.250. The van der Waals surface area contributed by atoms with Gasteiger partial charge in [0.2, 0.25) is 0 Å². The van der Waals surface area contributed by atoms with E-state index in [0.29, 0.717) is 40.0 Å². The van der Waals surface area contributed by atoms with Crippen LogP contribution in [0, 0.1) is 0 Å². The summed E-state index contributed by atoms with van der Waals surface area (Å²) in [5.41, 5.74) is 5.11. The molecule has 3 aromatic carbocycles. The van der Waals surface area contributed by atoms with E-state index in [9.17, 15) is 14.4 Å². The largest absolute Gasteiger partial charge is 0.493 e. The van der Waals surface area contributed by atoms with Crippen molar-refractivity contribution >= 4 is 51.7 Å². The van der Waals surface area contributed by atoms with Crippen LogP contribution in [0.5, 0.6) is 23.0 Å². The number of nitrogens with zero attached hydrogens (tertiary/aromatic N) is 1. The maximum absolute atomic E-state index is 12.6. The van der Waals surface area contributed by atoms with Crippen LogP contribution in [0.25, 0.3) is 0 Å². The third kappa shape index (κ3) is 8.70. The van der Waals surface area contributed by atoms with E-state index in [1.54, 1.807) is 44.2 Å². The molecule has 46 heavy (non-hydrogen) atoms. The Kier molecular flexibility index (Phi) is 11.9. The number of amides is 3. The molecule has 0 fully saturated rings. The van der Waals surface area contributed by atoms with E-state index in [2.05, 4.69) is 37.1 Å². The normalized spacial score (nSPS) is 14.3. The molecule has 0 saturated heterocycles. The monoisotopic (exact) mass is 714 g/mol. The number of carbonyl (C=O) groups excluding carboxylic acids is 3. The second-order valence-electron chi connectivity index (χ2n) is 9.73. The number of benzene rings is 3. The zero-order valence-corrected chi connectivity index (χ0v) is 27.8. The van der Waals surface area contributed by atoms with Crippen molar-refractivity contribution in [1.82, 2.24) is 16.1 Å². The van der Waals surface area contributed by atoms with Crippen LogP contribution in [0.15, 0.2) is 75.4 Å². The average molecular weight is 716 g/mol. The van der Waals surface area contributed by atoms with Gasteiger partial charge < -0.3 is 34.3 Å². The second kappa shape index (κ2) is 16.0. The molecule has 12 nitrogen and oxygen atoms in total. The SMILES string of the molecule is CCOC(=O)C1=C(C)NC(=O)N[C@@H]1c1ccc(OCC(=O)N/N=C\c2cc(Cl)c(OCc3ccc(Br)cc3)c(OC)c2)c(OC)c1. The second-order valence-corrected chi connectivity index (χ2v) is 11.1. The molecule has 0 bridgehead atoms. The van der Waals surface area contributed by atoms with Crippen molar-refractivity contribution in [3.8, 4) is 23.0 Å². The Morgan fingerprint density at radius 3 is 2.46 bits per heavy atom. The molecule has 1 aliphatic heterocycles. The molecule has 242 valence electrons. The van der Waals surface area contributed by atoms with Crippen molar-refractivity contribution < 1.29 is 38.1 Å². The molecule has 4 rings (SSSR count). The van der Waals surface area contributed by atoms with E-state index < -0.39 is 23.9 Å². The Labute approximate surface area is 279 Å². The number of halogens is 2. The lowest BCUT2D eigenvalue weighted by molar-refractivity contribution is -0.139. The summed E-state index contributed by atoms with van der Waals surface area (Å²) < 4.78 is 28.6. The van der Waals surface area contributed by atoms with Crippen LogP contribution in [0.3, 0.4) is 0 Å². The number of allylic oxidation sites excluding steroid dienone is 1. The molecule has 1 heterocycles. The van der Waals surface area contributed by atoms with Gasteiger partial charge in [0.15, 0.2) is 29.6 Å². The van der Waals surface area contributed by atoms with E-state index in [-0.39, 0.29) is 30.3 Å². The first-order chi connectivity index (χ1) is 22.1. The summed E-state index contributed by atoms with van der Waals surface area (Å²) in [4.78, 5) is 37.3. The molecule has 3 N–H and O–H groups in total. The highest BCUT2D eigenvalue weighted by Crippen LogP contribution is 2.37. The van der Waals surface area contributed by atoms with E-state index >= 15 is 0 Å². The minimum absolute atomic E-state index is 0.176. The van der Waals surface area contributed by atoms with Gasteiger partial charge in [-0.15, -0.1) is 0 Å². The quantitative estimate of drug-likeness (QED) is 0.121. The Balaban J connectivity index is 1.37. The van der Waals surface area contributed by atoms with Crippen LogP contribution >= 0.6 is 27.5 Å². The molecule has 0 unspecified atom stereocenters. The van der Waals surface area contributed by atoms with Crippen molar-refractivity contribution in [1.29, 1.82) is 0 Å². The van der Waals surface area contributed by atoms with Gasteiger partial charge in [-0.25, -0.2) is 15.0 Å². The van der Waals surface area contributed by atoms with E-state index in [1.807, 2.05) is 24.3 Å². The highest BCUT2D eigenvalue weighted by atomic mass is 79.9. The molecule has 1 aliphatic rings. The molecule has 1 atom stereocenters. The maximum atomic E-state index is 12.6. The molecule has 0 saturated carbocycles. The average Bonchev–Trinajstić information content (AvgIpc) is 3.03. The van der Waals surface area contributed by atoms with Gasteiger partial charge in [-0.2, -0.15) is 5.10 Å². The summed E-state index contributed by atoms with van der Waals surface area (Å²) >= 11 is 9.87. The number of esters is 1. The summed E-state index contributed by atoms with van der Waals surface area (Å²) in [5, 5.41) is 9.61. The summed E-state index contributed by atoms with van der Waals surface area (Å²) in [6.45, 7) is 3.41. The molecule has 0 radical (unpaired) electrons. The molecular weight excluding hydrogens is 684 g/mol. The van der Waals surface area contributed by atoms with Crippen molar-refractivity contribution in [3.63, 3.8) is 0 Å². The first-order valence-electron chi connectivity index (χ1n) is 14.0. The van der Waals surface area contributed by atoms with Gasteiger partial charge in [0.25, 0.3) is 5.91 Å². The molecular formula is C32H32BrClN4O8. The number of carbonyl (C=O) groups is 3. The summed E-state index contributed by atoms with van der Waals surface area (Å²) in [5.74, 6) is 0.234. The minimum atomic E-state index is -0.785. The minimum Gasteiger partial charge on any atom is -0.493 e. The van der Waals surface area contributed by atoms with Crippen molar-refractivity contribution in [2.24, 2.45) is 5.10 Å². The topological polar surface area (TPSA) is 146 Å².